The molecule has 4 nitrogen and oxygen atoms in total. The highest BCUT2D eigenvalue weighted by molar-refractivity contribution is 9.10. The maximum Gasteiger partial charge on any atom is 0.168 e. The van der Waals surface area contributed by atoms with Crippen molar-refractivity contribution in [3.63, 3.8) is 0 Å². The average Bonchev–Trinajstić information content (AvgIpc) is 2.63. The molecule has 1 heterocycles. The lowest BCUT2D eigenvalue weighted by Crippen LogP contribution is -2.52. The summed E-state index contributed by atoms with van der Waals surface area (Å²) >= 11 is 15.1. The van der Waals surface area contributed by atoms with Gasteiger partial charge in [0.2, 0.25) is 0 Å². The molecule has 0 amide bonds. The number of Topliss-reactive ketones (excluding diaryl/α,β-unsaturated/α-hetero) is 1. The number of alkyl halides is 2. The highest BCUT2D eigenvalue weighted by Crippen LogP contribution is 2.49. The first kappa shape index (κ1) is 19.4. The number of nitrogens with one attached hydrogen (secondary N) is 1. The Morgan fingerprint density at radius 3 is 2.32 bits per heavy atom. The number of rotatable bonds is 6. The molecule has 1 aliphatic carbocycles. The number of hydrogen-bond donors (Lipinski definition) is 1. The molecule has 1 N–H and O–H groups in total. The van der Waals surface area contributed by atoms with Crippen LogP contribution in [0.5, 0.6) is 0 Å². The van der Waals surface area contributed by atoms with Crippen molar-refractivity contribution in [3.05, 3.63) is 28.2 Å². The highest BCUT2D eigenvalue weighted by atomic mass is 79.9. The van der Waals surface area contributed by atoms with E-state index >= 15 is 0 Å². The summed E-state index contributed by atoms with van der Waals surface area (Å²) in [7, 11) is 0. The van der Waals surface area contributed by atoms with Crippen molar-refractivity contribution in [2.24, 2.45) is 0 Å². The van der Waals surface area contributed by atoms with Crippen molar-refractivity contribution in [1.29, 1.82) is 0 Å². The van der Waals surface area contributed by atoms with Crippen LogP contribution in [-0.4, -0.2) is 43.1 Å². The molecule has 1 spiro atoms. The number of anilines is 1. The Morgan fingerprint density at radius 2 is 1.72 bits per heavy atom. The monoisotopic (exact) mass is 449 g/mol. The maximum absolute atomic E-state index is 12.9. The minimum atomic E-state index is -0.685. The zero-order valence-electron chi connectivity index (χ0n) is 14.0. The average molecular weight is 451 g/mol. The minimum absolute atomic E-state index is 0.241. The van der Waals surface area contributed by atoms with Gasteiger partial charge < -0.3 is 14.8 Å². The Labute approximate surface area is 166 Å². The van der Waals surface area contributed by atoms with Gasteiger partial charge in [-0.3, -0.25) is 4.79 Å². The van der Waals surface area contributed by atoms with Gasteiger partial charge in [-0.25, -0.2) is 0 Å². The van der Waals surface area contributed by atoms with Crippen LogP contribution in [0.15, 0.2) is 22.7 Å². The van der Waals surface area contributed by atoms with Crippen LogP contribution in [0.1, 0.15) is 31.2 Å². The largest absolute Gasteiger partial charge is 0.378 e. The molecule has 0 aromatic heterocycles. The first-order valence-electron chi connectivity index (χ1n) is 8.52. The van der Waals surface area contributed by atoms with E-state index in [1.54, 1.807) is 0 Å². The van der Waals surface area contributed by atoms with Crippen molar-refractivity contribution >= 4 is 50.6 Å². The van der Waals surface area contributed by atoms with E-state index in [-0.39, 0.29) is 5.78 Å². The quantitative estimate of drug-likeness (QED) is 0.513. The summed E-state index contributed by atoms with van der Waals surface area (Å²) < 4.78 is 12.9. The molecular weight excluding hydrogens is 429 g/mol. The fraction of sp³-hybridized carbons (Fsp3) is 0.611. The van der Waals surface area contributed by atoms with Crippen molar-refractivity contribution in [1.82, 2.24) is 0 Å². The van der Waals surface area contributed by atoms with Crippen LogP contribution < -0.4 is 5.32 Å². The topological polar surface area (TPSA) is 47.6 Å². The SMILES string of the molecule is O=C1CNc2cc(Br)ccc2C12CCC(OCCCl)(OCCCl)CC2. The lowest BCUT2D eigenvalue weighted by molar-refractivity contribution is -0.252. The molecule has 0 bridgehead atoms. The number of fused-ring (bicyclic) bond motifs is 2. The number of benzene rings is 1. The molecular formula is C18H22BrCl2NO3. The summed E-state index contributed by atoms with van der Waals surface area (Å²) in [4.78, 5) is 12.9. The summed E-state index contributed by atoms with van der Waals surface area (Å²) in [5, 5.41) is 3.24. The zero-order valence-corrected chi connectivity index (χ0v) is 17.1. The van der Waals surface area contributed by atoms with Crippen molar-refractivity contribution in [3.8, 4) is 0 Å². The molecule has 1 aromatic rings. The van der Waals surface area contributed by atoms with E-state index in [1.807, 2.05) is 12.1 Å². The predicted octanol–water partition coefficient (Wildman–Crippen LogP) is 4.46. The van der Waals surface area contributed by atoms with Gasteiger partial charge in [-0.15, -0.1) is 23.2 Å². The van der Waals surface area contributed by atoms with E-state index in [4.69, 9.17) is 32.7 Å². The van der Waals surface area contributed by atoms with E-state index in [2.05, 4.69) is 27.3 Å². The molecule has 1 aromatic carbocycles. The van der Waals surface area contributed by atoms with Crippen LogP contribution in [0.25, 0.3) is 0 Å². The second-order valence-corrected chi connectivity index (χ2v) is 8.21. The fourth-order valence-corrected chi connectivity index (χ4v) is 4.48. The Hall–Kier alpha value is -0.330. The third-order valence-electron chi connectivity index (χ3n) is 5.22. The normalized spacial score (nSPS) is 21.0. The second kappa shape index (κ2) is 8.13. The predicted molar refractivity (Wildman–Crippen MR) is 104 cm³/mol. The summed E-state index contributed by atoms with van der Waals surface area (Å²) in [6.45, 7) is 1.22. The second-order valence-electron chi connectivity index (χ2n) is 6.53. The number of ether oxygens (including phenoxy) is 2. The molecule has 0 radical (unpaired) electrons. The number of carbonyl (C=O) groups excluding carboxylic acids is 1. The molecule has 25 heavy (non-hydrogen) atoms. The number of carbonyl (C=O) groups is 1. The molecule has 1 saturated carbocycles. The molecule has 138 valence electrons. The highest BCUT2D eigenvalue weighted by Gasteiger charge is 2.51. The van der Waals surface area contributed by atoms with Crippen LogP contribution in [0.2, 0.25) is 0 Å². The minimum Gasteiger partial charge on any atom is -0.378 e. The number of hydrogen-bond acceptors (Lipinski definition) is 4. The molecule has 0 atom stereocenters. The van der Waals surface area contributed by atoms with Gasteiger partial charge in [-0.2, -0.15) is 0 Å². The van der Waals surface area contributed by atoms with E-state index in [1.165, 1.54) is 0 Å². The number of ketones is 1. The number of halogens is 3. The Bertz CT molecular complexity index is 623. The smallest absolute Gasteiger partial charge is 0.168 e. The third-order valence-corrected chi connectivity index (χ3v) is 6.02. The van der Waals surface area contributed by atoms with Gasteiger partial charge in [0.15, 0.2) is 11.6 Å². The Balaban J connectivity index is 1.85. The van der Waals surface area contributed by atoms with Gasteiger partial charge in [0.1, 0.15) is 0 Å². The van der Waals surface area contributed by atoms with Crippen molar-refractivity contribution in [2.45, 2.75) is 36.9 Å². The molecule has 7 heteroatoms. The Morgan fingerprint density at radius 1 is 1.08 bits per heavy atom. The van der Waals surface area contributed by atoms with Gasteiger partial charge in [-0.1, -0.05) is 22.0 Å². The van der Waals surface area contributed by atoms with Gasteiger partial charge >= 0.3 is 0 Å². The van der Waals surface area contributed by atoms with Crippen LogP contribution in [0, 0.1) is 0 Å². The molecule has 2 aliphatic rings. The van der Waals surface area contributed by atoms with Gasteiger partial charge in [0.05, 0.1) is 25.2 Å². The molecule has 1 aliphatic heterocycles. The fourth-order valence-electron chi connectivity index (χ4n) is 3.96. The zero-order chi connectivity index (χ0) is 17.9. The lowest BCUT2D eigenvalue weighted by Gasteiger charge is -2.47. The van der Waals surface area contributed by atoms with Gasteiger partial charge in [0, 0.05) is 34.8 Å². The first-order valence-corrected chi connectivity index (χ1v) is 10.4. The summed E-state index contributed by atoms with van der Waals surface area (Å²) in [5.41, 5.74) is 1.65. The Kier molecular flexibility index (Phi) is 6.32. The van der Waals surface area contributed by atoms with Crippen LogP contribution >= 0.6 is 39.1 Å². The maximum atomic E-state index is 12.9. The van der Waals surface area contributed by atoms with E-state index in [0.29, 0.717) is 57.2 Å². The molecule has 0 unspecified atom stereocenters. The molecule has 0 saturated heterocycles. The summed E-state index contributed by atoms with van der Waals surface area (Å²) in [6.07, 6.45) is 2.71. The first-order chi connectivity index (χ1) is 12.1. The van der Waals surface area contributed by atoms with Crippen LogP contribution in [0.3, 0.4) is 0 Å². The lowest BCUT2D eigenvalue weighted by atomic mass is 9.63. The third kappa shape index (κ3) is 3.86. The summed E-state index contributed by atoms with van der Waals surface area (Å²) in [5.74, 6) is 0.384. The van der Waals surface area contributed by atoms with E-state index in [9.17, 15) is 4.79 Å². The standard InChI is InChI=1S/C18H22BrCl2NO3/c19-13-1-2-14-15(11-13)22-12-16(23)17(14)3-5-18(6-4-17,24-9-7-20)25-10-8-21/h1-2,11,22H,3-10,12H2. The molecule has 3 rings (SSSR count). The van der Waals surface area contributed by atoms with E-state index < -0.39 is 11.2 Å². The van der Waals surface area contributed by atoms with Crippen molar-refractivity contribution in [2.75, 3.05) is 36.8 Å². The van der Waals surface area contributed by atoms with Gasteiger partial charge in [0.25, 0.3) is 0 Å². The van der Waals surface area contributed by atoms with Crippen LogP contribution in [0.4, 0.5) is 5.69 Å². The van der Waals surface area contributed by atoms with Crippen molar-refractivity contribution < 1.29 is 14.3 Å². The van der Waals surface area contributed by atoms with Crippen LogP contribution in [-0.2, 0) is 19.7 Å². The van der Waals surface area contributed by atoms with E-state index in [0.717, 1.165) is 15.7 Å². The molecule has 1 fully saturated rings. The van der Waals surface area contributed by atoms with Gasteiger partial charge in [-0.05, 0) is 30.5 Å². The summed E-state index contributed by atoms with van der Waals surface area (Å²) in [6, 6.07) is 6.09.